The van der Waals surface area contributed by atoms with Gasteiger partial charge in [-0.05, 0) is 6.92 Å². The molecule has 3 nitrogen and oxygen atoms in total. The van der Waals surface area contributed by atoms with Crippen molar-refractivity contribution in [1.29, 1.82) is 0 Å². The van der Waals surface area contributed by atoms with Crippen molar-refractivity contribution in [2.24, 2.45) is 0 Å². The number of aromatic nitrogens is 1. The van der Waals surface area contributed by atoms with Crippen molar-refractivity contribution >= 4 is 29.1 Å². The van der Waals surface area contributed by atoms with Crippen LogP contribution in [0.3, 0.4) is 0 Å². The first-order valence-electron chi connectivity index (χ1n) is 2.93. The van der Waals surface area contributed by atoms with Gasteiger partial charge in [0.05, 0.1) is 5.97 Å². The average molecular weight is 188 g/mol. The molecule has 0 bridgehead atoms. The van der Waals surface area contributed by atoms with E-state index in [1.54, 1.807) is 0 Å². The molecule has 0 fully saturated rings. The highest BCUT2D eigenvalue weighted by Crippen LogP contribution is 2.21. The van der Waals surface area contributed by atoms with E-state index in [1.807, 2.05) is 12.3 Å². The summed E-state index contributed by atoms with van der Waals surface area (Å²) in [5.74, 6) is -1.07. The second kappa shape index (κ2) is 3.73. The van der Waals surface area contributed by atoms with Gasteiger partial charge in [0.15, 0.2) is 0 Å². The minimum atomic E-state index is -1.05. The van der Waals surface area contributed by atoms with Gasteiger partial charge >= 0.3 is 0 Å². The highest BCUT2D eigenvalue weighted by Gasteiger charge is 1.97. The minimum Gasteiger partial charge on any atom is -0.549 e. The molecule has 0 atom stereocenters. The van der Waals surface area contributed by atoms with E-state index in [1.165, 1.54) is 23.1 Å². The van der Waals surface area contributed by atoms with E-state index in [0.29, 0.717) is 0 Å². The van der Waals surface area contributed by atoms with Crippen LogP contribution in [-0.2, 0) is 4.79 Å². The van der Waals surface area contributed by atoms with Crippen LogP contribution in [0.1, 0.15) is 5.69 Å². The molecule has 0 N–H and O–H groups in total. The second-order valence-corrected chi connectivity index (χ2v) is 4.00. The van der Waals surface area contributed by atoms with Gasteiger partial charge in [0.25, 0.3) is 0 Å². The number of carbonyl (C=O) groups excluding carboxylic acids is 1. The standard InChI is InChI=1S/C6H7NO2S2/c1-4-2-10-6(7-4)11-3-5(8)9/h2H,3H2,1H3,(H,8,9)/p-1. The van der Waals surface area contributed by atoms with E-state index in [0.717, 1.165) is 10.0 Å². The minimum absolute atomic E-state index is 0.0209. The fourth-order valence-corrected chi connectivity index (χ4v) is 2.08. The van der Waals surface area contributed by atoms with Gasteiger partial charge in [-0.15, -0.1) is 11.3 Å². The van der Waals surface area contributed by atoms with Gasteiger partial charge in [-0.3, -0.25) is 0 Å². The van der Waals surface area contributed by atoms with E-state index >= 15 is 0 Å². The smallest absolute Gasteiger partial charge is 0.150 e. The fraction of sp³-hybridized carbons (Fsp3) is 0.333. The second-order valence-electron chi connectivity index (χ2n) is 1.92. The van der Waals surface area contributed by atoms with E-state index < -0.39 is 5.97 Å². The number of thiazole rings is 1. The van der Waals surface area contributed by atoms with Crippen LogP contribution in [-0.4, -0.2) is 16.7 Å². The van der Waals surface area contributed by atoms with Crippen LogP contribution < -0.4 is 5.11 Å². The Bertz CT molecular complexity index is 259. The van der Waals surface area contributed by atoms with Gasteiger partial charge in [0.2, 0.25) is 0 Å². The summed E-state index contributed by atoms with van der Waals surface area (Å²) in [6, 6.07) is 0. The quantitative estimate of drug-likeness (QED) is 0.640. The van der Waals surface area contributed by atoms with Crippen LogP contribution >= 0.6 is 23.1 Å². The number of aliphatic carboxylic acids is 1. The summed E-state index contributed by atoms with van der Waals surface area (Å²) < 4.78 is 0.784. The molecule has 5 heteroatoms. The van der Waals surface area contributed by atoms with Crippen molar-refractivity contribution in [3.8, 4) is 0 Å². The highest BCUT2D eigenvalue weighted by atomic mass is 32.2. The zero-order valence-corrected chi connectivity index (χ0v) is 7.50. The number of aryl methyl sites for hydroxylation is 1. The maximum Gasteiger partial charge on any atom is 0.150 e. The topological polar surface area (TPSA) is 53.0 Å². The molecule has 0 unspecified atom stereocenters. The number of carbonyl (C=O) groups is 1. The molecule has 0 radical (unpaired) electrons. The van der Waals surface area contributed by atoms with Gasteiger partial charge in [0, 0.05) is 16.8 Å². The third kappa shape index (κ3) is 2.90. The third-order valence-electron chi connectivity index (χ3n) is 0.911. The lowest BCUT2D eigenvalue weighted by atomic mass is 10.6. The first kappa shape index (κ1) is 8.55. The normalized spacial score (nSPS) is 9.91. The van der Waals surface area contributed by atoms with Gasteiger partial charge in [0.1, 0.15) is 4.34 Å². The number of carboxylic acid groups (broad SMARTS) is 1. The van der Waals surface area contributed by atoms with E-state index in [4.69, 9.17) is 0 Å². The highest BCUT2D eigenvalue weighted by molar-refractivity contribution is 8.01. The van der Waals surface area contributed by atoms with Crippen molar-refractivity contribution in [1.82, 2.24) is 4.98 Å². The van der Waals surface area contributed by atoms with E-state index in [-0.39, 0.29) is 5.75 Å². The number of hydrogen-bond donors (Lipinski definition) is 0. The number of nitrogens with zero attached hydrogens (tertiary/aromatic N) is 1. The number of carboxylic acids is 1. The van der Waals surface area contributed by atoms with Crippen molar-refractivity contribution in [2.45, 2.75) is 11.3 Å². The lowest BCUT2D eigenvalue weighted by Crippen LogP contribution is -2.24. The lowest BCUT2D eigenvalue weighted by Gasteiger charge is -1.96. The van der Waals surface area contributed by atoms with Crippen molar-refractivity contribution < 1.29 is 9.90 Å². The Morgan fingerprint density at radius 1 is 1.91 bits per heavy atom. The monoisotopic (exact) mass is 188 g/mol. The zero-order valence-electron chi connectivity index (χ0n) is 5.86. The Hall–Kier alpha value is -0.550. The molecule has 11 heavy (non-hydrogen) atoms. The Morgan fingerprint density at radius 3 is 3.09 bits per heavy atom. The largest absolute Gasteiger partial charge is 0.549 e. The Labute approximate surface area is 72.5 Å². The first-order valence-corrected chi connectivity index (χ1v) is 4.80. The summed E-state index contributed by atoms with van der Waals surface area (Å²) in [6.45, 7) is 1.87. The molecule has 0 saturated carbocycles. The van der Waals surface area contributed by atoms with Crippen molar-refractivity contribution in [3.05, 3.63) is 11.1 Å². The number of rotatable bonds is 3. The first-order chi connectivity index (χ1) is 5.18. The molecule has 1 aromatic heterocycles. The molecule has 0 saturated heterocycles. The lowest BCUT2D eigenvalue weighted by molar-refractivity contribution is -0.301. The van der Waals surface area contributed by atoms with Gasteiger partial charge in [-0.25, -0.2) is 4.98 Å². The summed E-state index contributed by atoms with van der Waals surface area (Å²) in [5.41, 5.74) is 0.927. The van der Waals surface area contributed by atoms with Crippen molar-refractivity contribution in [3.63, 3.8) is 0 Å². The molecule has 0 spiro atoms. The maximum absolute atomic E-state index is 10.0. The van der Waals surface area contributed by atoms with Crippen LogP contribution in [0.15, 0.2) is 9.72 Å². The van der Waals surface area contributed by atoms with Gasteiger partial charge in [-0.1, -0.05) is 11.8 Å². The molecular formula is C6H6NO2S2-. The van der Waals surface area contributed by atoms with Crippen LogP contribution in [0, 0.1) is 6.92 Å². The summed E-state index contributed by atoms with van der Waals surface area (Å²) in [4.78, 5) is 14.1. The third-order valence-corrected chi connectivity index (χ3v) is 3.02. The van der Waals surface area contributed by atoms with Gasteiger partial charge < -0.3 is 9.90 Å². The molecule has 0 aliphatic carbocycles. The Balaban J connectivity index is 2.45. The summed E-state index contributed by atoms with van der Waals surface area (Å²) in [5, 5.41) is 11.9. The predicted molar refractivity (Wildman–Crippen MR) is 42.6 cm³/mol. The number of thioether (sulfide) groups is 1. The molecule has 1 aromatic rings. The van der Waals surface area contributed by atoms with Crippen LogP contribution in [0.2, 0.25) is 0 Å². The van der Waals surface area contributed by atoms with Gasteiger partial charge in [-0.2, -0.15) is 0 Å². The Morgan fingerprint density at radius 2 is 2.64 bits per heavy atom. The molecule has 1 rings (SSSR count). The molecule has 60 valence electrons. The predicted octanol–water partition coefficient (Wildman–Crippen LogP) is 0.294. The van der Waals surface area contributed by atoms with Crippen molar-refractivity contribution in [2.75, 3.05) is 5.75 Å². The molecule has 1 heterocycles. The fourth-order valence-electron chi connectivity index (χ4n) is 0.519. The number of hydrogen-bond acceptors (Lipinski definition) is 5. The molecule has 0 aliphatic rings. The average Bonchev–Trinajstić information content (AvgIpc) is 2.31. The SMILES string of the molecule is Cc1csc(SCC(=O)[O-])n1. The summed E-state index contributed by atoms with van der Waals surface area (Å²) in [6.07, 6.45) is 0. The van der Waals surface area contributed by atoms with Crippen LogP contribution in [0.25, 0.3) is 0 Å². The zero-order chi connectivity index (χ0) is 8.27. The Kier molecular flexibility index (Phi) is 2.90. The van der Waals surface area contributed by atoms with E-state index in [9.17, 15) is 9.90 Å². The summed E-state index contributed by atoms with van der Waals surface area (Å²) >= 11 is 2.65. The molecule has 0 amide bonds. The maximum atomic E-state index is 10.0. The molecule has 0 aromatic carbocycles. The van der Waals surface area contributed by atoms with Crippen LogP contribution in [0.4, 0.5) is 0 Å². The van der Waals surface area contributed by atoms with Crippen LogP contribution in [0.5, 0.6) is 0 Å². The summed E-state index contributed by atoms with van der Waals surface area (Å²) in [7, 11) is 0. The molecular weight excluding hydrogens is 182 g/mol. The molecule has 0 aliphatic heterocycles. The van der Waals surface area contributed by atoms with E-state index in [2.05, 4.69) is 4.98 Å².